The lowest BCUT2D eigenvalue weighted by molar-refractivity contribution is -0.155. The first-order valence-electron chi connectivity index (χ1n) is 11.3. The lowest BCUT2D eigenvalue weighted by Gasteiger charge is -2.23. The smallest absolute Gasteiger partial charge is 0.306 e. The molecule has 192 valence electrons. The predicted octanol–water partition coefficient (Wildman–Crippen LogP) is 3.70. The van der Waals surface area contributed by atoms with Gasteiger partial charge in [0.25, 0.3) is 5.91 Å². The molecule has 0 saturated heterocycles. The van der Waals surface area contributed by atoms with Gasteiger partial charge in [0, 0.05) is 30.9 Å². The van der Waals surface area contributed by atoms with Crippen molar-refractivity contribution in [2.45, 2.75) is 58.7 Å². The summed E-state index contributed by atoms with van der Waals surface area (Å²) in [6.45, 7) is 7.11. The van der Waals surface area contributed by atoms with Crippen LogP contribution in [0.25, 0.3) is 0 Å². The van der Waals surface area contributed by atoms with E-state index in [0.29, 0.717) is 6.54 Å². The van der Waals surface area contributed by atoms with Crippen LogP contribution in [-0.4, -0.2) is 43.3 Å². The molecule has 0 spiro atoms. The molecule has 3 heterocycles. The molecular weight excluding hydrogens is 472 g/mol. The van der Waals surface area contributed by atoms with E-state index >= 15 is 0 Å². The predicted molar refractivity (Wildman–Crippen MR) is 130 cm³/mol. The third-order valence-electron chi connectivity index (χ3n) is 4.95. The van der Waals surface area contributed by atoms with Crippen molar-refractivity contribution >= 4 is 29.2 Å². The van der Waals surface area contributed by atoms with Crippen LogP contribution in [0, 0.1) is 18.6 Å². The van der Waals surface area contributed by atoms with Gasteiger partial charge in [-0.2, -0.15) is 5.10 Å². The molecule has 3 aromatic heterocycles. The zero-order chi connectivity index (χ0) is 26.5. The molecule has 0 fully saturated rings. The molecule has 0 bridgehead atoms. The molecule has 4 N–H and O–H groups in total. The molecule has 1 amide bonds. The van der Waals surface area contributed by atoms with E-state index in [2.05, 4.69) is 25.7 Å². The van der Waals surface area contributed by atoms with Gasteiger partial charge in [-0.15, -0.1) is 0 Å². The number of anilines is 3. The highest BCUT2D eigenvalue weighted by Gasteiger charge is 2.22. The lowest BCUT2D eigenvalue weighted by atomic mass is 10.1. The summed E-state index contributed by atoms with van der Waals surface area (Å²) in [5.74, 6) is -2.99. The molecule has 0 aromatic carbocycles. The monoisotopic (exact) mass is 501 g/mol. The Morgan fingerprint density at radius 3 is 2.56 bits per heavy atom. The van der Waals surface area contributed by atoms with E-state index < -0.39 is 35.2 Å². The first kappa shape index (κ1) is 26.5. The number of nitrogens with two attached hydrogens (primary N) is 1. The molecule has 0 unspecified atom stereocenters. The highest BCUT2D eigenvalue weighted by atomic mass is 19.1. The van der Waals surface area contributed by atoms with Crippen LogP contribution in [0.5, 0.6) is 0 Å². The van der Waals surface area contributed by atoms with E-state index in [0.717, 1.165) is 6.07 Å². The normalized spacial score (nSPS) is 12.2. The number of hydrogen-bond acceptors (Lipinski definition) is 8. The number of carbonyl (C=O) groups is 2. The van der Waals surface area contributed by atoms with Gasteiger partial charge in [0.05, 0.1) is 29.7 Å². The number of hydrogen-bond donors (Lipinski definition) is 3. The van der Waals surface area contributed by atoms with Crippen LogP contribution in [0.4, 0.5) is 26.1 Å². The third-order valence-corrected chi connectivity index (χ3v) is 4.95. The van der Waals surface area contributed by atoms with Crippen LogP contribution in [-0.2, 0) is 16.1 Å². The number of halogens is 2. The summed E-state index contributed by atoms with van der Waals surface area (Å²) >= 11 is 0. The van der Waals surface area contributed by atoms with Crippen LogP contribution in [0.15, 0.2) is 36.8 Å². The Kier molecular flexibility index (Phi) is 8.18. The number of esters is 1. The lowest BCUT2D eigenvalue weighted by Crippen LogP contribution is -2.30. The Balaban J connectivity index is 1.87. The Hall–Kier alpha value is -4.09. The number of nitrogens with zero attached hydrogens (tertiary/aromatic N) is 4. The number of pyridine rings is 2. The first-order valence-corrected chi connectivity index (χ1v) is 11.3. The van der Waals surface area contributed by atoms with Gasteiger partial charge in [-0.1, -0.05) is 0 Å². The van der Waals surface area contributed by atoms with E-state index in [1.165, 1.54) is 19.2 Å². The molecule has 0 saturated carbocycles. The van der Waals surface area contributed by atoms with Crippen molar-refractivity contribution in [3.05, 3.63) is 59.7 Å². The zero-order valence-electron chi connectivity index (χ0n) is 20.5. The van der Waals surface area contributed by atoms with Crippen LogP contribution in [0.2, 0.25) is 0 Å². The number of carbonyl (C=O) groups excluding carboxylic acids is 2. The minimum Gasteiger partial charge on any atom is -0.460 e. The maximum Gasteiger partial charge on any atom is 0.306 e. The zero-order valence-corrected chi connectivity index (χ0v) is 20.5. The summed E-state index contributed by atoms with van der Waals surface area (Å²) in [4.78, 5) is 32.3. The third kappa shape index (κ3) is 7.45. The Morgan fingerprint density at radius 1 is 1.19 bits per heavy atom. The maximum absolute atomic E-state index is 15.0. The Morgan fingerprint density at radius 2 is 1.94 bits per heavy atom. The van der Waals surface area contributed by atoms with Gasteiger partial charge in [0.1, 0.15) is 17.2 Å². The molecular formula is C24H29F2N7O3. The number of primary amides is 1. The topological polar surface area (TPSA) is 137 Å². The van der Waals surface area contributed by atoms with Gasteiger partial charge in [-0.3, -0.25) is 19.3 Å². The van der Waals surface area contributed by atoms with Crippen LogP contribution >= 0.6 is 0 Å². The fraction of sp³-hybridized carbons (Fsp3) is 0.375. The second kappa shape index (κ2) is 11.1. The molecule has 1 atom stereocenters. The SMILES string of the molecule is Cc1ncc(Nc2nc(N[C@@H](CCC(=O)OC(C)(C)C)Cn3cccn3)c(F)cc2C(N)=O)cc1F. The van der Waals surface area contributed by atoms with Crippen molar-refractivity contribution < 1.29 is 23.1 Å². The van der Waals surface area contributed by atoms with Gasteiger partial charge >= 0.3 is 5.97 Å². The molecule has 0 aliphatic heterocycles. The number of nitrogens with one attached hydrogen (secondary N) is 2. The minimum absolute atomic E-state index is 0.0661. The standard InChI is InChI=1S/C24H29F2N7O3/c1-14-18(25)10-16(12-28-14)31-22-17(21(27)35)11-19(26)23(32-22)30-15(13-33-9-5-8-29-33)6-7-20(34)36-24(2,3)4/h5,8-12,15H,6-7,13H2,1-4H3,(H2,27,35)(H2,30,31,32)/t15-/m0/s1. The number of rotatable bonds is 10. The molecule has 3 aromatic rings. The largest absolute Gasteiger partial charge is 0.460 e. The van der Waals surface area contributed by atoms with Crippen molar-refractivity contribution in [3.63, 3.8) is 0 Å². The molecule has 12 heteroatoms. The second-order valence-corrected chi connectivity index (χ2v) is 9.19. The van der Waals surface area contributed by atoms with Gasteiger partial charge in [0.15, 0.2) is 11.6 Å². The Bertz CT molecular complexity index is 1230. The molecule has 0 radical (unpaired) electrons. The van der Waals surface area contributed by atoms with Crippen molar-refractivity contribution in [1.29, 1.82) is 0 Å². The summed E-state index contributed by atoms with van der Waals surface area (Å²) in [7, 11) is 0. The fourth-order valence-corrected chi connectivity index (χ4v) is 3.31. The van der Waals surface area contributed by atoms with Gasteiger partial charge in [-0.25, -0.2) is 13.8 Å². The molecule has 0 aliphatic rings. The average molecular weight is 502 g/mol. The van der Waals surface area contributed by atoms with E-state index in [-0.39, 0.29) is 41.4 Å². The first-order chi connectivity index (χ1) is 16.9. The fourth-order valence-electron chi connectivity index (χ4n) is 3.31. The second-order valence-electron chi connectivity index (χ2n) is 9.19. The van der Waals surface area contributed by atoms with E-state index in [1.807, 2.05) is 0 Å². The van der Waals surface area contributed by atoms with Crippen molar-refractivity contribution in [3.8, 4) is 0 Å². The number of ether oxygens (including phenoxy) is 1. The summed E-state index contributed by atoms with van der Waals surface area (Å²) in [6, 6.07) is 3.37. The highest BCUT2D eigenvalue weighted by Crippen LogP contribution is 2.25. The maximum atomic E-state index is 15.0. The summed E-state index contributed by atoms with van der Waals surface area (Å²) in [5.41, 5.74) is 4.94. The Labute approximate surface area is 207 Å². The number of amides is 1. The highest BCUT2D eigenvalue weighted by molar-refractivity contribution is 5.98. The molecule has 3 rings (SSSR count). The quantitative estimate of drug-likeness (QED) is 0.358. The average Bonchev–Trinajstić information content (AvgIpc) is 3.28. The summed E-state index contributed by atoms with van der Waals surface area (Å²) in [6.07, 6.45) is 5.03. The summed E-state index contributed by atoms with van der Waals surface area (Å²) in [5, 5.41) is 9.91. The van der Waals surface area contributed by atoms with Crippen molar-refractivity contribution in [2.24, 2.45) is 5.73 Å². The van der Waals surface area contributed by atoms with Crippen LogP contribution in [0.1, 0.15) is 49.7 Å². The molecule has 0 aliphatic carbocycles. The molecule has 10 nitrogen and oxygen atoms in total. The van der Waals surface area contributed by atoms with Crippen molar-refractivity contribution in [1.82, 2.24) is 19.7 Å². The number of aromatic nitrogens is 4. The van der Waals surface area contributed by atoms with Gasteiger partial charge < -0.3 is 21.1 Å². The van der Waals surface area contributed by atoms with Gasteiger partial charge in [-0.05, 0) is 46.2 Å². The minimum atomic E-state index is -0.922. The van der Waals surface area contributed by atoms with E-state index in [4.69, 9.17) is 10.5 Å². The van der Waals surface area contributed by atoms with Gasteiger partial charge in [0.2, 0.25) is 0 Å². The van der Waals surface area contributed by atoms with Crippen LogP contribution in [0.3, 0.4) is 0 Å². The van der Waals surface area contributed by atoms with Crippen LogP contribution < -0.4 is 16.4 Å². The molecule has 36 heavy (non-hydrogen) atoms. The van der Waals surface area contributed by atoms with E-state index in [9.17, 15) is 18.4 Å². The van der Waals surface area contributed by atoms with E-state index in [1.54, 1.807) is 43.9 Å². The number of aryl methyl sites for hydroxylation is 1. The van der Waals surface area contributed by atoms with Crippen molar-refractivity contribution in [2.75, 3.05) is 10.6 Å². The summed E-state index contributed by atoms with van der Waals surface area (Å²) < 4.78 is 35.9.